The molecule has 0 saturated carbocycles. The van der Waals surface area contributed by atoms with Crippen molar-refractivity contribution >= 4 is 29.1 Å². The van der Waals surface area contributed by atoms with E-state index in [1.165, 1.54) is 11.8 Å². The molecular weight excluding hydrogens is 326 g/mol. The van der Waals surface area contributed by atoms with Crippen molar-refractivity contribution < 1.29 is 9.59 Å². The average molecular weight is 346 g/mol. The number of aromatic nitrogens is 1. The molecule has 2 rings (SSSR count). The molecule has 0 atom stereocenters. The fourth-order valence-corrected chi connectivity index (χ4v) is 2.44. The maximum atomic E-state index is 12.4. The Morgan fingerprint density at radius 1 is 1.17 bits per heavy atom. The highest BCUT2D eigenvalue weighted by Gasteiger charge is 2.18. The summed E-state index contributed by atoms with van der Waals surface area (Å²) < 4.78 is 0. The lowest BCUT2D eigenvalue weighted by Gasteiger charge is -2.24. The Hall–Kier alpha value is -2.40. The minimum atomic E-state index is -0.201. The van der Waals surface area contributed by atoms with E-state index in [9.17, 15) is 9.59 Å². The number of amides is 2. The van der Waals surface area contributed by atoms with Gasteiger partial charge in [0.2, 0.25) is 11.8 Å². The van der Waals surface area contributed by atoms with Crippen molar-refractivity contribution in [2.75, 3.05) is 25.0 Å². The second kappa shape index (κ2) is 8.45. The zero-order valence-electron chi connectivity index (χ0n) is 13.8. The van der Waals surface area contributed by atoms with E-state index in [0.717, 1.165) is 12.0 Å². The first-order valence-corrected chi connectivity index (χ1v) is 8.01. The maximum absolute atomic E-state index is 12.4. The molecule has 2 amide bonds. The summed E-state index contributed by atoms with van der Waals surface area (Å²) in [7, 11) is 1.74. The van der Waals surface area contributed by atoms with Crippen LogP contribution in [0, 0.1) is 0 Å². The predicted molar refractivity (Wildman–Crippen MR) is 95.1 cm³/mol. The van der Waals surface area contributed by atoms with Crippen LogP contribution in [0.4, 0.5) is 5.69 Å². The Kier molecular flexibility index (Phi) is 6.32. The van der Waals surface area contributed by atoms with Crippen LogP contribution in [0.15, 0.2) is 48.8 Å². The van der Waals surface area contributed by atoms with Crippen molar-refractivity contribution in [1.29, 1.82) is 0 Å². The minimum Gasteiger partial charge on any atom is -0.344 e. The predicted octanol–water partition coefficient (Wildman–Crippen LogP) is 2.79. The quantitative estimate of drug-likeness (QED) is 0.809. The molecule has 1 aromatic heterocycles. The van der Waals surface area contributed by atoms with Crippen molar-refractivity contribution in [3.63, 3.8) is 0 Å². The fourth-order valence-electron chi connectivity index (χ4n) is 2.26. The summed E-state index contributed by atoms with van der Waals surface area (Å²) in [5, 5.41) is 0.525. The Morgan fingerprint density at radius 3 is 2.50 bits per heavy atom. The topological polar surface area (TPSA) is 53.5 Å². The molecule has 0 unspecified atom stereocenters. The molecule has 1 heterocycles. The normalized spacial score (nSPS) is 10.3. The maximum Gasteiger partial charge on any atom is 0.242 e. The van der Waals surface area contributed by atoms with E-state index in [2.05, 4.69) is 4.98 Å². The molecule has 126 valence electrons. The van der Waals surface area contributed by atoms with Crippen LogP contribution in [-0.2, 0) is 16.0 Å². The monoisotopic (exact) mass is 345 g/mol. The lowest BCUT2D eigenvalue weighted by Crippen LogP contribution is -2.41. The lowest BCUT2D eigenvalue weighted by atomic mass is 10.2. The summed E-state index contributed by atoms with van der Waals surface area (Å²) in [5.74, 6) is -0.326. The molecule has 0 spiro atoms. The van der Waals surface area contributed by atoms with Crippen LogP contribution in [0.2, 0.25) is 5.02 Å². The highest BCUT2D eigenvalue weighted by Crippen LogP contribution is 2.19. The number of likely N-dealkylation sites (N-methyl/N-ethyl adjacent to an activating group) is 1. The van der Waals surface area contributed by atoms with E-state index in [-0.39, 0.29) is 18.4 Å². The summed E-state index contributed by atoms with van der Waals surface area (Å²) in [6.07, 6.45) is 4.20. The summed E-state index contributed by atoms with van der Waals surface area (Å²) in [6, 6.07) is 10.8. The van der Waals surface area contributed by atoms with Crippen molar-refractivity contribution in [3.8, 4) is 0 Å². The molecule has 2 aromatic rings. The van der Waals surface area contributed by atoms with E-state index >= 15 is 0 Å². The molecule has 0 bridgehead atoms. The van der Waals surface area contributed by atoms with Crippen LogP contribution in [0.3, 0.4) is 0 Å². The summed E-state index contributed by atoms with van der Waals surface area (Å²) in [4.78, 5) is 31.3. The molecule has 0 saturated heterocycles. The van der Waals surface area contributed by atoms with Gasteiger partial charge in [-0.3, -0.25) is 14.6 Å². The van der Waals surface area contributed by atoms with E-state index in [1.54, 1.807) is 48.6 Å². The van der Waals surface area contributed by atoms with E-state index in [0.29, 0.717) is 17.3 Å². The van der Waals surface area contributed by atoms with E-state index < -0.39 is 0 Å². The number of carbonyl (C=O) groups is 2. The van der Waals surface area contributed by atoms with Gasteiger partial charge in [0.05, 0.1) is 0 Å². The van der Waals surface area contributed by atoms with Gasteiger partial charge in [-0.05, 0) is 42.3 Å². The highest BCUT2D eigenvalue weighted by molar-refractivity contribution is 6.30. The van der Waals surface area contributed by atoms with Crippen LogP contribution in [-0.4, -0.2) is 41.8 Å². The number of anilines is 1. The first-order chi connectivity index (χ1) is 11.5. The number of halogens is 1. The summed E-state index contributed by atoms with van der Waals surface area (Å²) in [6.45, 7) is 2.00. The van der Waals surface area contributed by atoms with Crippen LogP contribution in [0.25, 0.3) is 0 Å². The van der Waals surface area contributed by atoms with E-state index in [4.69, 9.17) is 11.6 Å². The zero-order chi connectivity index (χ0) is 17.5. The van der Waals surface area contributed by atoms with Crippen LogP contribution in [0.1, 0.15) is 12.5 Å². The van der Waals surface area contributed by atoms with Crippen LogP contribution in [0.5, 0.6) is 0 Å². The fraction of sp³-hybridized carbons (Fsp3) is 0.278. The molecule has 0 aliphatic carbocycles. The third-order valence-corrected chi connectivity index (χ3v) is 3.94. The number of nitrogens with zero attached hydrogens (tertiary/aromatic N) is 3. The van der Waals surface area contributed by atoms with Gasteiger partial charge >= 0.3 is 0 Å². The van der Waals surface area contributed by atoms with Gasteiger partial charge in [-0.1, -0.05) is 17.7 Å². The smallest absolute Gasteiger partial charge is 0.242 e. The van der Waals surface area contributed by atoms with Gasteiger partial charge in [-0.15, -0.1) is 0 Å². The minimum absolute atomic E-state index is 0.0114. The van der Waals surface area contributed by atoms with Crippen LogP contribution >= 0.6 is 11.6 Å². The molecule has 24 heavy (non-hydrogen) atoms. The molecule has 0 aliphatic heterocycles. The molecular formula is C18H20ClN3O2. The third kappa shape index (κ3) is 5.06. The number of rotatable bonds is 6. The van der Waals surface area contributed by atoms with Crippen molar-refractivity contribution in [1.82, 2.24) is 9.88 Å². The van der Waals surface area contributed by atoms with Gasteiger partial charge in [0.15, 0.2) is 0 Å². The van der Waals surface area contributed by atoms with Crippen molar-refractivity contribution in [3.05, 3.63) is 59.4 Å². The largest absolute Gasteiger partial charge is 0.344 e. The molecule has 5 nitrogen and oxygen atoms in total. The van der Waals surface area contributed by atoms with Crippen molar-refractivity contribution in [2.24, 2.45) is 0 Å². The van der Waals surface area contributed by atoms with Gasteiger partial charge in [-0.25, -0.2) is 0 Å². The van der Waals surface area contributed by atoms with E-state index in [1.807, 2.05) is 12.1 Å². The Labute approximate surface area is 146 Å². The van der Waals surface area contributed by atoms with Gasteiger partial charge in [-0.2, -0.15) is 0 Å². The van der Waals surface area contributed by atoms with Gasteiger partial charge in [0.1, 0.15) is 6.54 Å². The molecule has 6 heteroatoms. The standard InChI is InChI=1S/C18H20ClN3O2/c1-14(23)22(17-5-3-4-16(19)12-17)13-18(24)21(2)11-8-15-6-9-20-10-7-15/h3-7,9-10,12H,8,11,13H2,1-2H3. The molecule has 0 aliphatic rings. The molecule has 1 aromatic carbocycles. The number of hydrogen-bond acceptors (Lipinski definition) is 3. The van der Waals surface area contributed by atoms with Gasteiger partial charge in [0, 0.05) is 43.6 Å². The number of hydrogen-bond donors (Lipinski definition) is 0. The Bertz CT molecular complexity index is 706. The number of carbonyl (C=O) groups excluding carboxylic acids is 2. The third-order valence-electron chi connectivity index (χ3n) is 3.70. The molecule has 0 N–H and O–H groups in total. The second-order valence-corrected chi connectivity index (χ2v) is 5.94. The first-order valence-electron chi connectivity index (χ1n) is 7.64. The average Bonchev–Trinajstić information content (AvgIpc) is 2.57. The molecule has 0 fully saturated rings. The van der Waals surface area contributed by atoms with Crippen molar-refractivity contribution in [2.45, 2.75) is 13.3 Å². The molecule has 0 radical (unpaired) electrons. The first kappa shape index (κ1) is 17.9. The highest BCUT2D eigenvalue weighted by atomic mass is 35.5. The van der Waals surface area contributed by atoms with Crippen LogP contribution < -0.4 is 4.90 Å². The second-order valence-electron chi connectivity index (χ2n) is 5.51. The SMILES string of the molecule is CC(=O)N(CC(=O)N(C)CCc1ccncc1)c1cccc(Cl)c1. The van der Waals surface area contributed by atoms with Gasteiger partial charge < -0.3 is 9.80 Å². The Balaban J connectivity index is 1.98. The summed E-state index contributed by atoms with van der Waals surface area (Å²) in [5.41, 5.74) is 1.73. The number of benzene rings is 1. The number of pyridine rings is 1. The van der Waals surface area contributed by atoms with Gasteiger partial charge in [0.25, 0.3) is 0 Å². The Morgan fingerprint density at radius 2 is 1.88 bits per heavy atom. The zero-order valence-corrected chi connectivity index (χ0v) is 14.5. The lowest BCUT2D eigenvalue weighted by molar-refractivity contribution is -0.130. The summed E-state index contributed by atoms with van der Waals surface area (Å²) >= 11 is 5.97.